The summed E-state index contributed by atoms with van der Waals surface area (Å²) >= 11 is 3.59. The van der Waals surface area contributed by atoms with Crippen LogP contribution in [-0.4, -0.2) is 61.2 Å². The van der Waals surface area contributed by atoms with Gasteiger partial charge in [0.15, 0.2) is 11.5 Å². The number of methoxy groups -OCH3 is 1. The number of halogens is 2. The molecule has 0 bridgehead atoms. The molecular formula is C24H29BrClN7O3. The van der Waals surface area contributed by atoms with Crippen LogP contribution in [0.15, 0.2) is 46.0 Å². The van der Waals surface area contributed by atoms with Crippen molar-refractivity contribution in [3.63, 3.8) is 0 Å². The highest BCUT2D eigenvalue weighted by Gasteiger charge is 2.17. The highest BCUT2D eigenvalue weighted by atomic mass is 79.9. The van der Waals surface area contributed by atoms with Crippen LogP contribution >= 0.6 is 28.3 Å². The van der Waals surface area contributed by atoms with E-state index in [4.69, 9.17) is 14.2 Å². The van der Waals surface area contributed by atoms with E-state index in [2.05, 4.69) is 51.6 Å². The normalized spacial score (nSPS) is 13.3. The van der Waals surface area contributed by atoms with Crippen LogP contribution in [-0.2, 0) is 4.74 Å². The molecule has 192 valence electrons. The Morgan fingerprint density at radius 3 is 2.58 bits per heavy atom. The quantitative estimate of drug-likeness (QED) is 0.274. The van der Waals surface area contributed by atoms with Crippen LogP contribution in [0.1, 0.15) is 18.1 Å². The Morgan fingerprint density at radius 2 is 1.86 bits per heavy atom. The third-order valence-corrected chi connectivity index (χ3v) is 5.81. The topological polar surface area (TPSA) is 106 Å². The van der Waals surface area contributed by atoms with Gasteiger partial charge in [0.1, 0.15) is 0 Å². The first-order valence-corrected chi connectivity index (χ1v) is 12.1. The molecule has 0 atom stereocenters. The molecular weight excluding hydrogens is 550 g/mol. The lowest BCUT2D eigenvalue weighted by Gasteiger charge is -2.27. The minimum Gasteiger partial charge on any atom is -0.493 e. The average molecular weight is 579 g/mol. The first-order chi connectivity index (χ1) is 17.1. The van der Waals surface area contributed by atoms with Crippen molar-refractivity contribution in [3.05, 3.63) is 52.0 Å². The van der Waals surface area contributed by atoms with E-state index in [0.29, 0.717) is 62.3 Å². The van der Waals surface area contributed by atoms with Crippen molar-refractivity contribution in [3.8, 4) is 11.5 Å². The van der Waals surface area contributed by atoms with Crippen LogP contribution < -0.4 is 25.1 Å². The number of aromatic nitrogens is 3. The van der Waals surface area contributed by atoms with Crippen molar-refractivity contribution < 1.29 is 14.2 Å². The highest BCUT2D eigenvalue weighted by Crippen LogP contribution is 2.28. The third kappa shape index (κ3) is 7.19. The van der Waals surface area contributed by atoms with Gasteiger partial charge in [0, 0.05) is 17.6 Å². The van der Waals surface area contributed by atoms with Crippen molar-refractivity contribution in [1.82, 2.24) is 15.0 Å². The number of hydrazone groups is 1. The minimum absolute atomic E-state index is 0. The van der Waals surface area contributed by atoms with Gasteiger partial charge in [-0.15, -0.1) is 12.4 Å². The number of hydrogen-bond acceptors (Lipinski definition) is 10. The Morgan fingerprint density at radius 1 is 1.08 bits per heavy atom. The van der Waals surface area contributed by atoms with E-state index < -0.39 is 0 Å². The van der Waals surface area contributed by atoms with E-state index in [-0.39, 0.29) is 12.4 Å². The molecule has 0 spiro atoms. The number of nitrogens with one attached hydrogen (secondary N) is 2. The second kappa shape index (κ2) is 13.2. The lowest BCUT2D eigenvalue weighted by molar-refractivity contribution is 0.122. The summed E-state index contributed by atoms with van der Waals surface area (Å²) in [7, 11) is 1.61. The molecule has 36 heavy (non-hydrogen) atoms. The van der Waals surface area contributed by atoms with E-state index in [1.807, 2.05) is 50.2 Å². The molecule has 0 amide bonds. The van der Waals surface area contributed by atoms with Crippen molar-refractivity contribution in [2.24, 2.45) is 5.10 Å². The number of ether oxygens (including phenoxy) is 3. The van der Waals surface area contributed by atoms with Crippen LogP contribution in [0.5, 0.6) is 11.5 Å². The fourth-order valence-corrected chi connectivity index (χ4v) is 4.01. The van der Waals surface area contributed by atoms with Crippen LogP contribution in [0.3, 0.4) is 0 Å². The van der Waals surface area contributed by atoms with E-state index in [1.54, 1.807) is 13.3 Å². The molecule has 12 heteroatoms. The number of aryl methyl sites for hydroxylation is 1. The molecule has 4 rings (SSSR count). The summed E-state index contributed by atoms with van der Waals surface area (Å²) in [5, 5.41) is 7.59. The Kier molecular flexibility index (Phi) is 10.1. The Balaban J connectivity index is 0.00000361. The van der Waals surface area contributed by atoms with Gasteiger partial charge in [0.2, 0.25) is 17.8 Å². The third-order valence-electron chi connectivity index (χ3n) is 5.15. The Hall–Kier alpha value is -3.15. The van der Waals surface area contributed by atoms with Gasteiger partial charge in [-0.25, -0.2) is 5.43 Å². The molecule has 2 N–H and O–H groups in total. The molecule has 2 heterocycles. The molecule has 3 aromatic rings. The summed E-state index contributed by atoms with van der Waals surface area (Å²) in [5.41, 5.74) is 5.76. The van der Waals surface area contributed by atoms with E-state index >= 15 is 0 Å². The monoisotopic (exact) mass is 577 g/mol. The van der Waals surface area contributed by atoms with Crippen molar-refractivity contribution >= 4 is 58.1 Å². The van der Waals surface area contributed by atoms with Crippen molar-refractivity contribution in [1.29, 1.82) is 0 Å². The Bertz CT molecular complexity index is 1190. The zero-order valence-corrected chi connectivity index (χ0v) is 22.7. The predicted octanol–water partition coefficient (Wildman–Crippen LogP) is 4.80. The first kappa shape index (κ1) is 27.4. The molecule has 1 saturated heterocycles. The standard InChI is InChI=1S/C24H28BrN7O3.ClH/c1-4-35-20-8-6-17(14-21(20)33-3)15-26-31-23-28-22(27-19-7-5-16(2)13-18(19)25)29-24(30-23)32-9-11-34-12-10-32;/h5-8,13-15H,4,9-12H2,1-3H3,(H2,27,28,29,30,31);1H/b26-15+;. The summed E-state index contributed by atoms with van der Waals surface area (Å²) in [5.74, 6) is 2.61. The summed E-state index contributed by atoms with van der Waals surface area (Å²) in [4.78, 5) is 15.8. The summed E-state index contributed by atoms with van der Waals surface area (Å²) < 4.78 is 17.4. The van der Waals surface area contributed by atoms with Crippen LogP contribution in [0.25, 0.3) is 0 Å². The molecule has 1 aromatic heterocycles. The van der Waals surface area contributed by atoms with Gasteiger partial charge in [0.25, 0.3) is 0 Å². The molecule has 10 nitrogen and oxygen atoms in total. The second-order valence-electron chi connectivity index (χ2n) is 7.70. The zero-order valence-electron chi connectivity index (χ0n) is 20.3. The number of rotatable bonds is 9. The van der Waals surface area contributed by atoms with Gasteiger partial charge >= 0.3 is 0 Å². The lowest BCUT2D eigenvalue weighted by atomic mass is 10.2. The fraction of sp³-hybridized carbons (Fsp3) is 0.333. The SMILES string of the molecule is CCOc1ccc(/C=N/Nc2nc(Nc3ccc(C)cc3Br)nc(N3CCOCC3)n2)cc1OC.Cl. The molecule has 1 aliphatic heterocycles. The van der Waals surface area contributed by atoms with Gasteiger partial charge in [-0.2, -0.15) is 20.1 Å². The maximum Gasteiger partial charge on any atom is 0.250 e. The van der Waals surface area contributed by atoms with E-state index in [1.165, 1.54) is 0 Å². The van der Waals surface area contributed by atoms with E-state index in [9.17, 15) is 0 Å². The molecule has 0 saturated carbocycles. The van der Waals surface area contributed by atoms with Gasteiger partial charge in [-0.3, -0.25) is 0 Å². The fourth-order valence-electron chi connectivity index (χ4n) is 3.42. The van der Waals surface area contributed by atoms with Crippen LogP contribution in [0, 0.1) is 6.92 Å². The van der Waals surface area contributed by atoms with Gasteiger partial charge in [-0.05, 0) is 71.2 Å². The first-order valence-electron chi connectivity index (χ1n) is 11.3. The summed E-state index contributed by atoms with van der Waals surface area (Å²) in [6, 6.07) is 11.6. The largest absolute Gasteiger partial charge is 0.493 e. The molecule has 2 aromatic carbocycles. The molecule has 1 aliphatic rings. The van der Waals surface area contributed by atoms with Crippen LogP contribution in [0.2, 0.25) is 0 Å². The zero-order chi connectivity index (χ0) is 24.6. The Labute approximate surface area is 225 Å². The summed E-state index contributed by atoms with van der Waals surface area (Å²) in [6.45, 7) is 7.18. The molecule has 1 fully saturated rings. The van der Waals surface area contributed by atoms with Crippen LogP contribution in [0.4, 0.5) is 23.5 Å². The maximum atomic E-state index is 5.57. The van der Waals surface area contributed by atoms with Gasteiger partial charge in [-0.1, -0.05) is 6.07 Å². The van der Waals surface area contributed by atoms with E-state index in [0.717, 1.165) is 21.3 Å². The average Bonchev–Trinajstić information content (AvgIpc) is 2.87. The maximum absolute atomic E-state index is 5.57. The summed E-state index contributed by atoms with van der Waals surface area (Å²) in [6.07, 6.45) is 1.67. The number of anilines is 4. The smallest absolute Gasteiger partial charge is 0.250 e. The number of morpholine rings is 1. The minimum atomic E-state index is 0. The molecule has 0 radical (unpaired) electrons. The van der Waals surface area contributed by atoms with Crippen molar-refractivity contribution in [2.75, 3.05) is 55.7 Å². The number of hydrogen-bond donors (Lipinski definition) is 2. The van der Waals surface area contributed by atoms with Gasteiger partial charge in [0.05, 0.1) is 38.8 Å². The number of nitrogens with zero attached hydrogens (tertiary/aromatic N) is 5. The van der Waals surface area contributed by atoms with Gasteiger partial charge < -0.3 is 24.4 Å². The van der Waals surface area contributed by atoms with Crippen molar-refractivity contribution in [2.45, 2.75) is 13.8 Å². The molecule has 0 unspecified atom stereocenters. The molecule has 0 aliphatic carbocycles. The lowest BCUT2D eigenvalue weighted by Crippen LogP contribution is -2.37. The highest BCUT2D eigenvalue weighted by molar-refractivity contribution is 9.10. The predicted molar refractivity (Wildman–Crippen MR) is 148 cm³/mol. The number of benzene rings is 2. The second-order valence-corrected chi connectivity index (χ2v) is 8.56.